The molecule has 0 atom stereocenters. The Bertz CT molecular complexity index is 491. The van der Waals surface area contributed by atoms with Gasteiger partial charge in [0.2, 0.25) is 5.91 Å². The van der Waals surface area contributed by atoms with Crippen LogP contribution >= 0.6 is 24.0 Å². The molecule has 1 heterocycles. The van der Waals surface area contributed by atoms with E-state index in [-0.39, 0.29) is 35.8 Å². The summed E-state index contributed by atoms with van der Waals surface area (Å²) in [6.45, 7) is 4.82. The van der Waals surface area contributed by atoms with Gasteiger partial charge in [0.1, 0.15) is 0 Å². The Kier molecular flexibility index (Phi) is 9.58. The molecule has 1 aromatic heterocycles. The van der Waals surface area contributed by atoms with Gasteiger partial charge in [0, 0.05) is 50.4 Å². The second kappa shape index (κ2) is 11.2. The summed E-state index contributed by atoms with van der Waals surface area (Å²) in [4.78, 5) is 20.3. The molecule has 1 amide bonds. The summed E-state index contributed by atoms with van der Waals surface area (Å²) in [5, 5.41) is 9.35. The number of hydrogen-bond acceptors (Lipinski definition) is 3. The average Bonchev–Trinajstić information content (AvgIpc) is 3.37. The van der Waals surface area contributed by atoms with Gasteiger partial charge < -0.3 is 16.0 Å². The molecule has 0 radical (unpaired) electrons. The summed E-state index contributed by atoms with van der Waals surface area (Å²) in [7, 11) is 0. The third kappa shape index (κ3) is 8.15. The zero-order chi connectivity index (χ0) is 15.6. The highest BCUT2D eigenvalue weighted by Gasteiger charge is 2.28. The van der Waals surface area contributed by atoms with Crippen LogP contribution in [-0.2, 0) is 11.2 Å². The fraction of sp³-hybridized carbons (Fsp3) is 0.562. The van der Waals surface area contributed by atoms with Crippen molar-refractivity contribution in [3.8, 4) is 0 Å². The van der Waals surface area contributed by atoms with Crippen molar-refractivity contribution in [3.05, 3.63) is 30.1 Å². The van der Waals surface area contributed by atoms with E-state index in [0.29, 0.717) is 19.6 Å². The van der Waals surface area contributed by atoms with E-state index in [0.717, 1.165) is 37.5 Å². The Hall–Kier alpha value is -1.38. The maximum Gasteiger partial charge on any atom is 0.223 e. The van der Waals surface area contributed by atoms with Crippen LogP contribution in [0.2, 0.25) is 0 Å². The predicted octanol–water partition coefficient (Wildman–Crippen LogP) is 1.32. The number of rotatable bonds is 8. The lowest BCUT2D eigenvalue weighted by Gasteiger charge is -2.11. The molecule has 0 aliphatic heterocycles. The first-order valence-electron chi connectivity index (χ1n) is 7.99. The number of carbonyl (C=O) groups is 1. The average molecular weight is 431 g/mol. The first-order chi connectivity index (χ1) is 10.8. The fourth-order valence-electron chi connectivity index (χ4n) is 2.03. The Morgan fingerprint density at radius 2 is 2.04 bits per heavy atom. The fourth-order valence-corrected chi connectivity index (χ4v) is 2.03. The van der Waals surface area contributed by atoms with Crippen molar-refractivity contribution in [1.29, 1.82) is 0 Å². The second-order valence-corrected chi connectivity index (χ2v) is 5.32. The minimum Gasteiger partial charge on any atom is -0.357 e. The SMILES string of the molecule is CCNC(=NCCc1ccccn1)NCCNC(=O)C1CC1.I. The van der Waals surface area contributed by atoms with E-state index in [1.165, 1.54) is 0 Å². The highest BCUT2D eigenvalue weighted by atomic mass is 127. The van der Waals surface area contributed by atoms with E-state index in [1.807, 2.05) is 25.1 Å². The zero-order valence-corrected chi connectivity index (χ0v) is 15.9. The number of nitrogens with zero attached hydrogens (tertiary/aromatic N) is 2. The molecule has 7 heteroatoms. The van der Waals surface area contributed by atoms with Crippen LogP contribution in [0, 0.1) is 5.92 Å². The van der Waals surface area contributed by atoms with Crippen molar-refractivity contribution in [2.24, 2.45) is 10.9 Å². The van der Waals surface area contributed by atoms with Gasteiger partial charge in [0.05, 0.1) is 0 Å². The number of aliphatic imine (C=N–C) groups is 1. The third-order valence-corrected chi connectivity index (χ3v) is 3.37. The van der Waals surface area contributed by atoms with Gasteiger partial charge in [-0.15, -0.1) is 24.0 Å². The van der Waals surface area contributed by atoms with E-state index < -0.39 is 0 Å². The Morgan fingerprint density at radius 1 is 1.26 bits per heavy atom. The highest BCUT2D eigenvalue weighted by Crippen LogP contribution is 2.28. The normalized spacial score (nSPS) is 13.9. The van der Waals surface area contributed by atoms with Gasteiger partial charge in [0.25, 0.3) is 0 Å². The molecular formula is C16H26IN5O. The number of nitrogens with one attached hydrogen (secondary N) is 3. The molecule has 1 fully saturated rings. The number of guanidine groups is 1. The van der Waals surface area contributed by atoms with Crippen LogP contribution in [0.4, 0.5) is 0 Å². The highest BCUT2D eigenvalue weighted by molar-refractivity contribution is 14.0. The first-order valence-corrected chi connectivity index (χ1v) is 7.99. The first kappa shape index (κ1) is 19.7. The van der Waals surface area contributed by atoms with Crippen LogP contribution < -0.4 is 16.0 Å². The molecule has 0 aromatic carbocycles. The molecule has 2 rings (SSSR count). The molecule has 23 heavy (non-hydrogen) atoms. The van der Waals surface area contributed by atoms with Gasteiger partial charge in [-0.3, -0.25) is 14.8 Å². The Labute approximate surface area is 155 Å². The lowest BCUT2D eigenvalue weighted by molar-refractivity contribution is -0.122. The van der Waals surface area contributed by atoms with Crippen LogP contribution in [0.25, 0.3) is 0 Å². The van der Waals surface area contributed by atoms with Gasteiger partial charge in [0.15, 0.2) is 5.96 Å². The lowest BCUT2D eigenvalue weighted by atomic mass is 10.3. The number of aromatic nitrogens is 1. The molecule has 0 spiro atoms. The van der Waals surface area contributed by atoms with Crippen molar-refractivity contribution >= 4 is 35.8 Å². The van der Waals surface area contributed by atoms with Gasteiger partial charge in [-0.05, 0) is 31.9 Å². The van der Waals surface area contributed by atoms with Crippen molar-refractivity contribution in [3.63, 3.8) is 0 Å². The van der Waals surface area contributed by atoms with Crippen molar-refractivity contribution in [1.82, 2.24) is 20.9 Å². The standard InChI is InChI=1S/C16H25N5O.HI/c1-2-17-16(20-10-8-14-5-3-4-9-18-14)21-12-11-19-15(22)13-6-7-13;/h3-5,9,13H,2,6-8,10-12H2,1H3,(H,19,22)(H2,17,20,21);1H. The van der Waals surface area contributed by atoms with Crippen molar-refractivity contribution in [2.75, 3.05) is 26.2 Å². The van der Waals surface area contributed by atoms with Gasteiger partial charge in [-0.2, -0.15) is 0 Å². The number of amides is 1. The number of hydrogen-bond donors (Lipinski definition) is 3. The summed E-state index contributed by atoms with van der Waals surface area (Å²) in [6.07, 6.45) is 4.69. The Morgan fingerprint density at radius 3 is 2.70 bits per heavy atom. The molecule has 0 unspecified atom stereocenters. The van der Waals surface area contributed by atoms with E-state index in [9.17, 15) is 4.79 Å². The van der Waals surface area contributed by atoms with Crippen LogP contribution in [-0.4, -0.2) is 43.0 Å². The summed E-state index contributed by atoms with van der Waals surface area (Å²) in [5.41, 5.74) is 1.04. The van der Waals surface area contributed by atoms with Crippen molar-refractivity contribution in [2.45, 2.75) is 26.2 Å². The molecule has 0 saturated heterocycles. The van der Waals surface area contributed by atoms with Crippen LogP contribution in [0.1, 0.15) is 25.5 Å². The Balaban J connectivity index is 0.00000264. The van der Waals surface area contributed by atoms with Crippen LogP contribution in [0.3, 0.4) is 0 Å². The van der Waals surface area contributed by atoms with Gasteiger partial charge in [-0.1, -0.05) is 6.07 Å². The summed E-state index contributed by atoms with van der Waals surface area (Å²) in [6, 6.07) is 5.90. The lowest BCUT2D eigenvalue weighted by Crippen LogP contribution is -2.41. The largest absolute Gasteiger partial charge is 0.357 e. The minimum atomic E-state index is 0. The van der Waals surface area contributed by atoms with Crippen LogP contribution in [0.15, 0.2) is 29.4 Å². The van der Waals surface area contributed by atoms with E-state index in [2.05, 4.69) is 25.9 Å². The molecule has 1 aliphatic carbocycles. The molecular weight excluding hydrogens is 405 g/mol. The molecule has 1 aromatic rings. The molecule has 6 nitrogen and oxygen atoms in total. The smallest absolute Gasteiger partial charge is 0.223 e. The summed E-state index contributed by atoms with van der Waals surface area (Å²) in [5.74, 6) is 1.22. The maximum absolute atomic E-state index is 11.5. The minimum absolute atomic E-state index is 0. The van der Waals surface area contributed by atoms with Crippen LogP contribution in [0.5, 0.6) is 0 Å². The molecule has 1 aliphatic rings. The van der Waals surface area contributed by atoms with Gasteiger partial charge >= 0.3 is 0 Å². The molecule has 3 N–H and O–H groups in total. The van der Waals surface area contributed by atoms with E-state index in [4.69, 9.17) is 0 Å². The zero-order valence-electron chi connectivity index (χ0n) is 13.5. The topological polar surface area (TPSA) is 78.4 Å². The second-order valence-electron chi connectivity index (χ2n) is 5.32. The number of halogens is 1. The molecule has 1 saturated carbocycles. The molecule has 0 bridgehead atoms. The predicted molar refractivity (Wildman–Crippen MR) is 103 cm³/mol. The maximum atomic E-state index is 11.5. The monoisotopic (exact) mass is 431 g/mol. The number of carbonyl (C=O) groups excluding carboxylic acids is 1. The number of pyridine rings is 1. The summed E-state index contributed by atoms with van der Waals surface area (Å²) < 4.78 is 0. The third-order valence-electron chi connectivity index (χ3n) is 3.37. The van der Waals surface area contributed by atoms with Crippen molar-refractivity contribution < 1.29 is 4.79 Å². The quantitative estimate of drug-likeness (QED) is 0.251. The van der Waals surface area contributed by atoms with Gasteiger partial charge in [-0.25, -0.2) is 0 Å². The van der Waals surface area contributed by atoms with E-state index in [1.54, 1.807) is 6.20 Å². The summed E-state index contributed by atoms with van der Waals surface area (Å²) >= 11 is 0. The molecule has 128 valence electrons. The van der Waals surface area contributed by atoms with E-state index >= 15 is 0 Å².